The quantitative estimate of drug-likeness (QED) is 0.307. The van der Waals surface area contributed by atoms with Crippen molar-refractivity contribution in [3.8, 4) is 0 Å². The van der Waals surface area contributed by atoms with E-state index in [0.29, 0.717) is 37.4 Å². The fourth-order valence-corrected chi connectivity index (χ4v) is 4.10. The van der Waals surface area contributed by atoms with Gasteiger partial charge in [0.15, 0.2) is 0 Å². The molecular weight excluding hydrogens is 382 g/mol. The molecule has 3 atom stereocenters. The number of amides is 4. The van der Waals surface area contributed by atoms with E-state index >= 15 is 0 Å². The van der Waals surface area contributed by atoms with Crippen molar-refractivity contribution in [2.24, 2.45) is 5.92 Å². The Morgan fingerprint density at radius 3 is 2.56 bits per heavy atom. The summed E-state index contributed by atoms with van der Waals surface area (Å²) in [6, 6.07) is -2.07. The zero-order valence-corrected chi connectivity index (χ0v) is 15.4. The Labute approximate surface area is 155 Å². The van der Waals surface area contributed by atoms with Crippen LogP contribution in [0.3, 0.4) is 0 Å². The number of piperidine rings is 1. The van der Waals surface area contributed by atoms with E-state index in [9.17, 15) is 22.8 Å². The molecule has 150 valence electrons. The molecule has 2 bridgehead atoms. The summed E-state index contributed by atoms with van der Waals surface area (Å²) in [6.45, 7) is 2.33. The van der Waals surface area contributed by atoms with Gasteiger partial charge in [-0.1, -0.05) is 0 Å². The summed E-state index contributed by atoms with van der Waals surface area (Å²) < 4.78 is 34.9. The highest BCUT2D eigenvalue weighted by atomic mass is 32.3. The third-order valence-electron chi connectivity index (χ3n) is 5.09. The average molecular weight is 403 g/mol. The van der Waals surface area contributed by atoms with Crippen molar-refractivity contribution >= 4 is 34.1 Å². The highest BCUT2D eigenvalue weighted by Gasteiger charge is 2.48. The van der Waals surface area contributed by atoms with E-state index in [1.165, 1.54) is 11.8 Å². The molecule has 13 heteroatoms. The molecule has 12 nitrogen and oxygen atoms in total. The first-order valence-electron chi connectivity index (χ1n) is 8.48. The van der Waals surface area contributed by atoms with E-state index in [4.69, 9.17) is 9.96 Å². The lowest BCUT2D eigenvalue weighted by Crippen LogP contribution is -2.51. The van der Waals surface area contributed by atoms with E-state index in [2.05, 4.69) is 9.60 Å². The van der Waals surface area contributed by atoms with Gasteiger partial charge in [0.05, 0.1) is 18.0 Å². The second-order valence-electron chi connectivity index (χ2n) is 6.86. The van der Waals surface area contributed by atoms with Crippen LogP contribution in [-0.4, -0.2) is 83.2 Å². The highest BCUT2D eigenvalue weighted by Crippen LogP contribution is 2.31. The van der Waals surface area contributed by atoms with Crippen LogP contribution in [0, 0.1) is 11.3 Å². The van der Waals surface area contributed by atoms with Gasteiger partial charge in [0, 0.05) is 26.6 Å². The predicted octanol–water partition coefficient (Wildman–Crippen LogP) is -1.05. The maximum atomic E-state index is 12.4. The van der Waals surface area contributed by atoms with Crippen LogP contribution in [0.2, 0.25) is 0 Å². The summed E-state index contributed by atoms with van der Waals surface area (Å²) in [7, 11) is -4.84. The lowest BCUT2D eigenvalue weighted by molar-refractivity contribution is -0.128. The average Bonchev–Trinajstić information content (AvgIpc) is 3.15. The molecular formula is C14H21N5O7S. The number of amidine groups is 1. The number of rotatable bonds is 4. The number of nitrogens with one attached hydrogen (secondary N) is 2. The van der Waals surface area contributed by atoms with Crippen molar-refractivity contribution in [1.82, 2.24) is 20.2 Å². The smallest absolute Gasteiger partial charge is 0.342 e. The van der Waals surface area contributed by atoms with Crippen LogP contribution in [0.25, 0.3) is 0 Å². The molecule has 0 aromatic carbocycles. The number of fused-ring (bicyclic) bond motifs is 2. The third kappa shape index (κ3) is 4.04. The minimum absolute atomic E-state index is 0.111. The molecule has 0 spiro atoms. The topological polar surface area (TPSA) is 160 Å². The lowest BCUT2D eigenvalue weighted by Gasteiger charge is -2.31. The first kappa shape index (κ1) is 19.5. The van der Waals surface area contributed by atoms with Crippen LogP contribution < -0.4 is 5.32 Å². The summed E-state index contributed by atoms with van der Waals surface area (Å²) in [5.74, 6) is -1.08. The molecule has 0 saturated carbocycles. The molecule has 3 rings (SSSR count). The molecule has 0 aliphatic carbocycles. The van der Waals surface area contributed by atoms with Gasteiger partial charge >= 0.3 is 16.4 Å². The molecule has 27 heavy (non-hydrogen) atoms. The van der Waals surface area contributed by atoms with Crippen LogP contribution in [0.4, 0.5) is 4.79 Å². The second-order valence-corrected chi connectivity index (χ2v) is 7.87. The number of urea groups is 1. The summed E-state index contributed by atoms with van der Waals surface area (Å²) in [5, 5.41) is 11.3. The SMILES string of the molecule is CC(=O)N1CCC(C(=O)NC(=N)[C@@H]2CC[C@@H]3CN2C(=O)N3OS(=O)(=O)O)C1. The van der Waals surface area contributed by atoms with E-state index in [-0.39, 0.29) is 24.2 Å². The maximum absolute atomic E-state index is 12.4. The Hall–Kier alpha value is -2.25. The highest BCUT2D eigenvalue weighted by molar-refractivity contribution is 7.80. The van der Waals surface area contributed by atoms with E-state index in [0.717, 1.165) is 0 Å². The molecule has 0 aromatic heterocycles. The van der Waals surface area contributed by atoms with Crippen molar-refractivity contribution < 1.29 is 31.6 Å². The van der Waals surface area contributed by atoms with E-state index in [1.807, 2.05) is 0 Å². The van der Waals surface area contributed by atoms with Crippen LogP contribution in [0.1, 0.15) is 26.2 Å². The summed E-state index contributed by atoms with van der Waals surface area (Å²) in [4.78, 5) is 38.9. The monoisotopic (exact) mass is 403 g/mol. The number of carbonyl (C=O) groups excluding carboxylic acids is 3. The minimum Gasteiger partial charge on any atom is -0.342 e. The van der Waals surface area contributed by atoms with Crippen molar-refractivity contribution in [3.05, 3.63) is 0 Å². The Bertz CT molecular complexity index is 785. The Balaban J connectivity index is 1.61. The zero-order chi connectivity index (χ0) is 19.9. The molecule has 3 aliphatic rings. The predicted molar refractivity (Wildman–Crippen MR) is 89.6 cm³/mol. The van der Waals surface area contributed by atoms with Crippen molar-refractivity contribution in [1.29, 1.82) is 5.41 Å². The Morgan fingerprint density at radius 1 is 1.26 bits per heavy atom. The molecule has 3 heterocycles. The summed E-state index contributed by atoms with van der Waals surface area (Å²) >= 11 is 0. The van der Waals surface area contributed by atoms with E-state index < -0.39 is 34.4 Å². The standard InChI is InChI=1S/C14H21N5O7S/c1-8(20)17-5-4-9(6-17)13(21)16-12(15)11-3-2-10-7-18(11)14(22)19(10)26-27(23,24)25/h9-11H,2-7H2,1H3,(H2,15,16,21)(H,23,24,25)/t9?,10-,11+/m1/s1. The second kappa shape index (κ2) is 7.05. The normalized spacial score (nSPS) is 27.9. The third-order valence-corrected chi connectivity index (χ3v) is 5.44. The molecule has 0 aromatic rings. The lowest BCUT2D eigenvalue weighted by atomic mass is 9.99. The van der Waals surface area contributed by atoms with Gasteiger partial charge in [0.2, 0.25) is 11.8 Å². The van der Waals surface area contributed by atoms with Gasteiger partial charge in [0.25, 0.3) is 0 Å². The largest absolute Gasteiger partial charge is 0.418 e. The van der Waals surface area contributed by atoms with Crippen molar-refractivity contribution in [3.63, 3.8) is 0 Å². The van der Waals surface area contributed by atoms with Crippen LogP contribution in [0.15, 0.2) is 0 Å². The molecule has 3 fully saturated rings. The number of hydroxylamine groups is 2. The van der Waals surface area contributed by atoms with Gasteiger partial charge in [-0.15, -0.1) is 4.28 Å². The number of hydrogen-bond acceptors (Lipinski definition) is 7. The molecule has 0 radical (unpaired) electrons. The van der Waals surface area contributed by atoms with E-state index in [1.54, 1.807) is 4.90 Å². The van der Waals surface area contributed by atoms with Gasteiger partial charge in [-0.2, -0.15) is 13.5 Å². The van der Waals surface area contributed by atoms with Crippen LogP contribution in [0.5, 0.6) is 0 Å². The Kier molecular flexibility index (Phi) is 5.10. The van der Waals surface area contributed by atoms with Gasteiger partial charge < -0.3 is 15.1 Å². The Morgan fingerprint density at radius 2 is 1.96 bits per heavy atom. The fraction of sp³-hybridized carbons (Fsp3) is 0.714. The molecule has 4 amide bonds. The van der Waals surface area contributed by atoms with Crippen molar-refractivity contribution in [2.75, 3.05) is 19.6 Å². The molecule has 3 saturated heterocycles. The van der Waals surface area contributed by atoms with Crippen LogP contribution in [-0.2, 0) is 24.3 Å². The van der Waals surface area contributed by atoms with Crippen LogP contribution >= 0.6 is 0 Å². The van der Waals surface area contributed by atoms with Gasteiger partial charge in [0.1, 0.15) is 5.84 Å². The summed E-state index contributed by atoms with van der Waals surface area (Å²) in [5.41, 5.74) is 0. The van der Waals surface area contributed by atoms with Crippen molar-refractivity contribution in [2.45, 2.75) is 38.3 Å². The van der Waals surface area contributed by atoms with Gasteiger partial charge in [-0.05, 0) is 19.3 Å². The van der Waals surface area contributed by atoms with Gasteiger partial charge in [-0.25, -0.2) is 4.79 Å². The molecule has 3 N–H and O–H groups in total. The zero-order valence-electron chi connectivity index (χ0n) is 14.6. The molecule has 1 unspecified atom stereocenters. The van der Waals surface area contributed by atoms with Gasteiger partial charge in [-0.3, -0.25) is 19.6 Å². The number of nitrogens with zero attached hydrogens (tertiary/aromatic N) is 3. The maximum Gasteiger partial charge on any atom is 0.418 e. The number of hydrogen-bond donors (Lipinski definition) is 3. The fourth-order valence-electron chi connectivity index (χ4n) is 3.71. The number of likely N-dealkylation sites (tertiary alicyclic amines) is 1. The summed E-state index contributed by atoms with van der Waals surface area (Å²) in [6.07, 6.45) is 1.19. The first-order chi connectivity index (χ1) is 12.6. The molecule has 3 aliphatic heterocycles. The number of carbonyl (C=O) groups is 3. The first-order valence-corrected chi connectivity index (χ1v) is 9.85. The minimum atomic E-state index is -4.84.